The molecule has 0 saturated heterocycles. The molecule has 0 bridgehead atoms. The van der Waals surface area contributed by atoms with Gasteiger partial charge in [0, 0.05) is 28.8 Å². The van der Waals surface area contributed by atoms with Gasteiger partial charge in [-0.15, -0.1) is 0 Å². The Balaban J connectivity index is 3.00. The molecule has 0 aliphatic rings. The van der Waals surface area contributed by atoms with Gasteiger partial charge in [0.25, 0.3) is 9.24 Å². The minimum atomic E-state index is -3.70. The van der Waals surface area contributed by atoms with Gasteiger partial charge < -0.3 is 0 Å². The molecule has 0 aliphatic carbocycles. The van der Waals surface area contributed by atoms with Gasteiger partial charge in [-0.2, -0.15) is 12.7 Å². The van der Waals surface area contributed by atoms with E-state index in [2.05, 4.69) is 0 Å². The number of hydrogen-bond acceptors (Lipinski definition) is 2. The lowest BCUT2D eigenvalue weighted by molar-refractivity contribution is 0.408. The van der Waals surface area contributed by atoms with Crippen LogP contribution < -0.4 is 0 Å². The second kappa shape index (κ2) is 4.70. The Kier molecular flexibility index (Phi) is 4.00. The minimum Gasteiger partial charge on any atom is -0.195 e. The summed E-state index contributed by atoms with van der Waals surface area (Å²) in [6, 6.07) is 6.67. The zero-order chi connectivity index (χ0) is 11.6. The van der Waals surface area contributed by atoms with Crippen molar-refractivity contribution in [2.45, 2.75) is 13.0 Å². The number of halogens is 2. The van der Waals surface area contributed by atoms with E-state index < -0.39 is 9.24 Å². The second-order valence-electron chi connectivity index (χ2n) is 3.19. The Morgan fingerprint density at radius 2 is 2.00 bits per heavy atom. The van der Waals surface area contributed by atoms with Crippen LogP contribution in [0.25, 0.3) is 0 Å². The summed E-state index contributed by atoms with van der Waals surface area (Å²) >= 11 is 5.81. The zero-order valence-electron chi connectivity index (χ0n) is 8.31. The smallest absolute Gasteiger partial charge is 0.195 e. The van der Waals surface area contributed by atoms with Gasteiger partial charge in [0.1, 0.15) is 0 Å². The Morgan fingerprint density at radius 1 is 1.40 bits per heavy atom. The first-order chi connectivity index (χ1) is 6.82. The van der Waals surface area contributed by atoms with Gasteiger partial charge in [0.05, 0.1) is 0 Å². The van der Waals surface area contributed by atoms with Crippen LogP contribution in [0.4, 0.5) is 0 Å². The molecule has 84 valence electrons. The third kappa shape index (κ3) is 3.34. The molecule has 0 aliphatic heterocycles. The summed E-state index contributed by atoms with van der Waals surface area (Å²) in [7, 11) is 2.96. The molecule has 0 saturated carbocycles. The van der Waals surface area contributed by atoms with Crippen LogP contribution in [0.2, 0.25) is 5.02 Å². The van der Waals surface area contributed by atoms with Crippen LogP contribution in [0.5, 0.6) is 0 Å². The first-order valence-corrected chi connectivity index (χ1v) is 6.90. The monoisotopic (exact) mass is 267 g/mol. The maximum Gasteiger partial charge on any atom is 0.300 e. The van der Waals surface area contributed by atoms with E-state index in [0.717, 1.165) is 9.87 Å². The van der Waals surface area contributed by atoms with E-state index >= 15 is 0 Å². The van der Waals surface area contributed by atoms with Gasteiger partial charge in [-0.05, 0) is 24.6 Å². The first-order valence-electron chi connectivity index (χ1n) is 4.25. The predicted molar refractivity (Wildman–Crippen MR) is 62.4 cm³/mol. The fraction of sp³-hybridized carbons (Fsp3) is 0.333. The predicted octanol–water partition coefficient (Wildman–Crippen LogP) is 2.82. The topological polar surface area (TPSA) is 37.4 Å². The summed E-state index contributed by atoms with van der Waals surface area (Å²) in [6.07, 6.45) is 0. The van der Waals surface area contributed by atoms with Crippen molar-refractivity contribution in [2.24, 2.45) is 0 Å². The van der Waals surface area contributed by atoms with Crippen molar-refractivity contribution in [1.82, 2.24) is 4.31 Å². The fourth-order valence-corrected chi connectivity index (χ4v) is 2.22. The molecule has 0 radical (unpaired) electrons. The van der Waals surface area contributed by atoms with E-state index in [9.17, 15) is 8.42 Å². The van der Waals surface area contributed by atoms with E-state index in [1.807, 2.05) is 0 Å². The van der Waals surface area contributed by atoms with Crippen molar-refractivity contribution in [2.75, 3.05) is 7.05 Å². The number of hydrogen-bond donors (Lipinski definition) is 0. The van der Waals surface area contributed by atoms with Gasteiger partial charge in [-0.25, -0.2) is 0 Å². The van der Waals surface area contributed by atoms with E-state index in [1.54, 1.807) is 31.2 Å². The molecule has 1 aromatic rings. The standard InChI is InChI=1S/C9H11Cl2NO2S/c1-7(12(2)15(11,13)14)8-4-3-5-9(10)6-8/h3-7H,1-2H3. The lowest BCUT2D eigenvalue weighted by Crippen LogP contribution is -2.25. The van der Waals surface area contributed by atoms with Crippen LogP contribution in [0.1, 0.15) is 18.5 Å². The number of nitrogens with zero attached hydrogens (tertiary/aromatic N) is 1. The van der Waals surface area contributed by atoms with E-state index in [4.69, 9.17) is 22.3 Å². The van der Waals surface area contributed by atoms with Crippen molar-refractivity contribution in [3.05, 3.63) is 34.9 Å². The van der Waals surface area contributed by atoms with Crippen LogP contribution in [-0.4, -0.2) is 19.8 Å². The molecule has 1 aromatic carbocycles. The van der Waals surface area contributed by atoms with E-state index in [1.165, 1.54) is 7.05 Å². The normalized spacial score (nSPS) is 14.2. The molecular formula is C9H11Cl2NO2S. The molecule has 1 unspecified atom stereocenters. The Bertz CT molecular complexity index is 447. The molecule has 15 heavy (non-hydrogen) atoms. The zero-order valence-corrected chi connectivity index (χ0v) is 10.6. The quantitative estimate of drug-likeness (QED) is 0.790. The average molecular weight is 268 g/mol. The first kappa shape index (κ1) is 12.8. The molecular weight excluding hydrogens is 257 g/mol. The van der Waals surface area contributed by atoms with Gasteiger partial charge >= 0.3 is 0 Å². The van der Waals surface area contributed by atoms with Crippen molar-refractivity contribution >= 4 is 31.5 Å². The Labute approximate surface area is 99.2 Å². The molecule has 0 heterocycles. The third-order valence-corrected chi connectivity index (χ3v) is 4.11. The summed E-state index contributed by atoms with van der Waals surface area (Å²) in [4.78, 5) is 0. The summed E-state index contributed by atoms with van der Waals surface area (Å²) in [5.41, 5.74) is 0.800. The van der Waals surface area contributed by atoms with E-state index in [0.29, 0.717) is 5.02 Å². The highest BCUT2D eigenvalue weighted by Gasteiger charge is 2.21. The Morgan fingerprint density at radius 3 is 2.47 bits per heavy atom. The molecule has 0 N–H and O–H groups in total. The molecule has 0 aromatic heterocycles. The van der Waals surface area contributed by atoms with Gasteiger partial charge in [-0.1, -0.05) is 23.7 Å². The SMILES string of the molecule is CC(c1cccc(Cl)c1)N(C)S(=O)(=O)Cl. The Hall–Kier alpha value is -0.290. The maximum atomic E-state index is 11.1. The molecule has 1 atom stereocenters. The summed E-state index contributed by atoms with van der Waals surface area (Å²) in [5, 5.41) is 0.569. The molecule has 0 fully saturated rings. The van der Waals surface area contributed by atoms with Crippen molar-refractivity contribution in [3.63, 3.8) is 0 Å². The lowest BCUT2D eigenvalue weighted by atomic mass is 10.1. The second-order valence-corrected chi connectivity index (χ2v) is 6.20. The number of rotatable bonds is 3. The highest BCUT2D eigenvalue weighted by molar-refractivity contribution is 8.11. The van der Waals surface area contributed by atoms with Crippen LogP contribution in [0.3, 0.4) is 0 Å². The lowest BCUT2D eigenvalue weighted by Gasteiger charge is -2.21. The molecule has 0 amide bonds. The van der Waals surface area contributed by atoms with Gasteiger partial charge in [0.2, 0.25) is 0 Å². The van der Waals surface area contributed by atoms with E-state index in [-0.39, 0.29) is 6.04 Å². The van der Waals surface area contributed by atoms with Gasteiger partial charge in [-0.3, -0.25) is 0 Å². The molecule has 3 nitrogen and oxygen atoms in total. The average Bonchev–Trinajstić information content (AvgIpc) is 2.14. The van der Waals surface area contributed by atoms with Crippen molar-refractivity contribution in [3.8, 4) is 0 Å². The minimum absolute atomic E-state index is 0.341. The molecule has 0 spiro atoms. The molecule has 6 heteroatoms. The molecule has 1 rings (SSSR count). The van der Waals surface area contributed by atoms with Crippen molar-refractivity contribution < 1.29 is 8.42 Å². The van der Waals surface area contributed by atoms with Crippen LogP contribution in [-0.2, 0) is 9.24 Å². The maximum absolute atomic E-state index is 11.1. The highest BCUT2D eigenvalue weighted by atomic mass is 35.7. The third-order valence-electron chi connectivity index (χ3n) is 2.22. The highest BCUT2D eigenvalue weighted by Crippen LogP contribution is 2.24. The number of benzene rings is 1. The van der Waals surface area contributed by atoms with Crippen LogP contribution in [0, 0.1) is 0 Å². The summed E-state index contributed by atoms with van der Waals surface area (Å²) < 4.78 is 23.3. The van der Waals surface area contributed by atoms with Crippen LogP contribution >= 0.6 is 22.3 Å². The van der Waals surface area contributed by atoms with Gasteiger partial charge in [0.15, 0.2) is 0 Å². The summed E-state index contributed by atoms with van der Waals surface area (Å²) in [6.45, 7) is 1.74. The van der Waals surface area contributed by atoms with Crippen LogP contribution in [0.15, 0.2) is 24.3 Å². The van der Waals surface area contributed by atoms with Crippen molar-refractivity contribution in [1.29, 1.82) is 0 Å². The summed E-state index contributed by atoms with van der Waals surface area (Å²) in [5.74, 6) is 0. The largest absolute Gasteiger partial charge is 0.300 e. The fourth-order valence-electron chi connectivity index (χ4n) is 1.17.